The molecule has 2 aromatic heterocycles. The Morgan fingerprint density at radius 3 is 2.56 bits per heavy atom. The van der Waals surface area contributed by atoms with Gasteiger partial charge in [0.25, 0.3) is 11.5 Å². The molecule has 1 atom stereocenters. The fourth-order valence-corrected chi connectivity index (χ4v) is 3.63. The molecule has 3 rings (SSSR count). The molecule has 0 saturated carbocycles. The van der Waals surface area contributed by atoms with Crippen LogP contribution in [0.25, 0.3) is 5.69 Å². The second-order valence-corrected chi connectivity index (χ2v) is 7.63. The number of hydrogen-bond donors (Lipinski definition) is 3. The molecule has 0 radical (unpaired) electrons. The molecule has 4 N–H and O–H groups in total. The standard InChI is InChI=1S/C21H22Cl2N6O3/c1-4-32-14-6-15(22)18(16(23)7-14)29-10-27-19(24)17(21(29)31)20(30)28-13-5-12(8-26-9-13)11(2)25-3/h5-11,25H,4,24H2,1-3H3,(H,28,30). The van der Waals surface area contributed by atoms with Gasteiger partial charge in [-0.05, 0) is 32.5 Å². The van der Waals surface area contributed by atoms with Crippen molar-refractivity contribution >= 4 is 40.6 Å². The number of nitrogens with one attached hydrogen (secondary N) is 2. The largest absolute Gasteiger partial charge is 0.494 e. The highest BCUT2D eigenvalue weighted by molar-refractivity contribution is 6.38. The first-order valence-corrected chi connectivity index (χ1v) is 10.4. The van der Waals surface area contributed by atoms with Crippen molar-refractivity contribution < 1.29 is 9.53 Å². The lowest BCUT2D eigenvalue weighted by Crippen LogP contribution is -2.31. The number of carbonyl (C=O) groups excluding carboxylic acids is 1. The van der Waals surface area contributed by atoms with Crippen LogP contribution in [0.5, 0.6) is 5.75 Å². The predicted molar refractivity (Wildman–Crippen MR) is 125 cm³/mol. The van der Waals surface area contributed by atoms with E-state index < -0.39 is 11.5 Å². The summed E-state index contributed by atoms with van der Waals surface area (Å²) in [6, 6.07) is 4.81. The van der Waals surface area contributed by atoms with Gasteiger partial charge in [0.1, 0.15) is 23.5 Å². The number of anilines is 2. The Morgan fingerprint density at radius 1 is 1.25 bits per heavy atom. The smallest absolute Gasteiger partial charge is 0.273 e. The van der Waals surface area contributed by atoms with Crippen molar-refractivity contribution in [3.63, 3.8) is 0 Å². The third-order valence-electron chi connectivity index (χ3n) is 4.72. The highest BCUT2D eigenvalue weighted by atomic mass is 35.5. The number of rotatable bonds is 7. The third-order valence-corrected chi connectivity index (χ3v) is 5.30. The average Bonchev–Trinajstić information content (AvgIpc) is 2.74. The van der Waals surface area contributed by atoms with Crippen molar-refractivity contribution in [1.29, 1.82) is 0 Å². The van der Waals surface area contributed by atoms with Crippen LogP contribution < -0.4 is 26.7 Å². The van der Waals surface area contributed by atoms with E-state index in [0.717, 1.165) is 10.1 Å². The van der Waals surface area contributed by atoms with E-state index in [2.05, 4.69) is 20.6 Å². The van der Waals surface area contributed by atoms with Crippen molar-refractivity contribution in [2.75, 3.05) is 24.7 Å². The van der Waals surface area contributed by atoms with Crippen molar-refractivity contribution in [3.05, 3.63) is 68.4 Å². The molecule has 1 amide bonds. The van der Waals surface area contributed by atoms with Gasteiger partial charge in [0.2, 0.25) is 0 Å². The van der Waals surface area contributed by atoms with E-state index in [1.807, 2.05) is 20.9 Å². The third kappa shape index (κ3) is 4.85. The molecule has 9 nitrogen and oxygen atoms in total. The van der Waals surface area contributed by atoms with Crippen molar-refractivity contribution in [1.82, 2.24) is 19.9 Å². The molecule has 0 fully saturated rings. The van der Waals surface area contributed by atoms with Gasteiger partial charge in [-0.2, -0.15) is 0 Å². The van der Waals surface area contributed by atoms with Crippen molar-refractivity contribution in [2.24, 2.45) is 0 Å². The predicted octanol–water partition coefficient (Wildman–Crippen LogP) is 3.45. The maximum atomic E-state index is 13.2. The SMILES string of the molecule is CCOc1cc(Cl)c(-n2cnc(N)c(C(=O)Nc3cncc(C(C)NC)c3)c2=O)c(Cl)c1. The number of carbonyl (C=O) groups is 1. The minimum absolute atomic E-state index is 0.0176. The molecule has 0 spiro atoms. The van der Waals surface area contributed by atoms with Gasteiger partial charge < -0.3 is 21.1 Å². The molecule has 0 saturated heterocycles. The number of benzene rings is 1. The van der Waals surface area contributed by atoms with Gasteiger partial charge in [-0.25, -0.2) is 4.98 Å². The molecule has 1 unspecified atom stereocenters. The zero-order chi connectivity index (χ0) is 23.4. The van der Waals surface area contributed by atoms with E-state index in [1.165, 1.54) is 24.7 Å². The molecule has 32 heavy (non-hydrogen) atoms. The van der Waals surface area contributed by atoms with Gasteiger partial charge in [-0.15, -0.1) is 0 Å². The number of nitrogens with zero attached hydrogens (tertiary/aromatic N) is 3. The normalized spacial score (nSPS) is 11.8. The van der Waals surface area contributed by atoms with Crippen molar-refractivity contribution in [2.45, 2.75) is 19.9 Å². The van der Waals surface area contributed by atoms with Crippen LogP contribution in [0.15, 0.2) is 41.7 Å². The Kier molecular flexibility index (Phi) is 7.34. The van der Waals surface area contributed by atoms with Crippen LogP contribution in [0.4, 0.5) is 11.5 Å². The Morgan fingerprint density at radius 2 is 1.94 bits per heavy atom. The first-order chi connectivity index (χ1) is 15.3. The van der Waals surface area contributed by atoms with Crippen LogP contribution in [-0.4, -0.2) is 34.1 Å². The highest BCUT2D eigenvalue weighted by Crippen LogP contribution is 2.32. The molecule has 0 aliphatic carbocycles. The summed E-state index contributed by atoms with van der Waals surface area (Å²) in [6.45, 7) is 4.19. The van der Waals surface area contributed by atoms with E-state index >= 15 is 0 Å². The number of pyridine rings is 1. The van der Waals surface area contributed by atoms with E-state index in [-0.39, 0.29) is 33.2 Å². The fraction of sp³-hybridized carbons (Fsp3) is 0.238. The molecule has 168 valence electrons. The molecular weight excluding hydrogens is 455 g/mol. The maximum absolute atomic E-state index is 13.2. The summed E-state index contributed by atoms with van der Waals surface area (Å²) in [5, 5.41) is 6.04. The highest BCUT2D eigenvalue weighted by Gasteiger charge is 2.21. The lowest BCUT2D eigenvalue weighted by molar-refractivity contribution is 0.102. The fourth-order valence-electron chi connectivity index (χ4n) is 2.99. The lowest BCUT2D eigenvalue weighted by atomic mass is 10.1. The molecule has 2 heterocycles. The maximum Gasteiger partial charge on any atom is 0.273 e. The van der Waals surface area contributed by atoms with Gasteiger partial charge >= 0.3 is 0 Å². The summed E-state index contributed by atoms with van der Waals surface area (Å²) in [7, 11) is 1.81. The first-order valence-electron chi connectivity index (χ1n) is 9.69. The second kappa shape index (κ2) is 9.99. The zero-order valence-electron chi connectivity index (χ0n) is 17.6. The number of aromatic nitrogens is 3. The number of ether oxygens (including phenoxy) is 1. The second-order valence-electron chi connectivity index (χ2n) is 6.82. The number of amides is 1. The van der Waals surface area contributed by atoms with Crippen LogP contribution in [0, 0.1) is 0 Å². The quantitative estimate of drug-likeness (QED) is 0.476. The number of hydrogen-bond acceptors (Lipinski definition) is 7. The molecule has 0 aliphatic rings. The molecule has 0 bridgehead atoms. The van der Waals surface area contributed by atoms with Crippen LogP contribution in [0.1, 0.15) is 35.8 Å². The Balaban J connectivity index is 2.01. The van der Waals surface area contributed by atoms with Crippen LogP contribution >= 0.6 is 23.2 Å². The Hall–Kier alpha value is -3.14. The van der Waals surface area contributed by atoms with E-state index in [4.69, 9.17) is 33.7 Å². The number of nitrogen functional groups attached to an aromatic ring is 1. The Bertz CT molecular complexity index is 1190. The minimum Gasteiger partial charge on any atom is -0.494 e. The zero-order valence-corrected chi connectivity index (χ0v) is 19.2. The summed E-state index contributed by atoms with van der Waals surface area (Å²) in [6.07, 6.45) is 4.31. The number of halogens is 2. The van der Waals surface area contributed by atoms with Crippen LogP contribution in [0.3, 0.4) is 0 Å². The monoisotopic (exact) mass is 476 g/mol. The summed E-state index contributed by atoms with van der Waals surface area (Å²) < 4.78 is 6.48. The molecule has 11 heteroatoms. The molecule has 0 aliphatic heterocycles. The van der Waals surface area contributed by atoms with Gasteiger partial charge in [-0.3, -0.25) is 19.1 Å². The summed E-state index contributed by atoms with van der Waals surface area (Å²) in [5.74, 6) is -0.512. The van der Waals surface area contributed by atoms with Crippen LogP contribution in [0.2, 0.25) is 10.0 Å². The molecule has 1 aromatic carbocycles. The van der Waals surface area contributed by atoms with Crippen molar-refractivity contribution in [3.8, 4) is 11.4 Å². The van der Waals surface area contributed by atoms with E-state index in [0.29, 0.717) is 18.0 Å². The summed E-state index contributed by atoms with van der Waals surface area (Å²) in [5.41, 5.74) is 6.21. The van der Waals surface area contributed by atoms with Gasteiger partial charge in [0, 0.05) is 24.4 Å². The van der Waals surface area contributed by atoms with Gasteiger partial charge in [0.05, 0.1) is 34.2 Å². The molecule has 3 aromatic rings. The van der Waals surface area contributed by atoms with E-state index in [9.17, 15) is 9.59 Å². The van der Waals surface area contributed by atoms with Gasteiger partial charge in [0.15, 0.2) is 0 Å². The van der Waals surface area contributed by atoms with Crippen LogP contribution in [-0.2, 0) is 0 Å². The summed E-state index contributed by atoms with van der Waals surface area (Å²) in [4.78, 5) is 34.2. The molecular formula is C21H22Cl2N6O3. The van der Waals surface area contributed by atoms with E-state index in [1.54, 1.807) is 12.3 Å². The topological polar surface area (TPSA) is 124 Å². The average molecular weight is 477 g/mol. The first kappa shape index (κ1) is 23.5. The summed E-state index contributed by atoms with van der Waals surface area (Å²) >= 11 is 12.7. The number of nitrogens with two attached hydrogens (primary N) is 1. The Labute approximate surface area is 194 Å². The van der Waals surface area contributed by atoms with Gasteiger partial charge in [-0.1, -0.05) is 23.2 Å². The lowest BCUT2D eigenvalue weighted by Gasteiger charge is -2.15. The minimum atomic E-state index is -0.733.